The largest absolute Gasteiger partial charge is 0.494 e. The number of benzene rings is 1. The first-order valence-electron chi connectivity index (χ1n) is 8.47. The molecule has 0 aliphatic carbocycles. The number of unbranched alkanes of at least 4 members (excludes halogenated alkanes) is 1. The van der Waals surface area contributed by atoms with Gasteiger partial charge in [-0.2, -0.15) is 5.06 Å². The fourth-order valence-electron chi connectivity index (χ4n) is 3.23. The predicted molar refractivity (Wildman–Crippen MR) is 95.8 cm³/mol. The Morgan fingerprint density at radius 1 is 1.23 bits per heavy atom. The topological polar surface area (TPSA) is 102 Å². The zero-order valence-electron chi connectivity index (χ0n) is 14.6. The van der Waals surface area contributed by atoms with E-state index in [2.05, 4.69) is 5.32 Å². The molecule has 1 aromatic carbocycles. The van der Waals surface area contributed by atoms with Gasteiger partial charge < -0.3 is 20.4 Å². The van der Waals surface area contributed by atoms with Crippen LogP contribution in [0.1, 0.15) is 40.0 Å². The van der Waals surface area contributed by atoms with Crippen LogP contribution >= 0.6 is 12.4 Å². The van der Waals surface area contributed by atoms with Crippen molar-refractivity contribution in [3.05, 3.63) is 29.3 Å². The Morgan fingerprint density at radius 3 is 2.62 bits per heavy atom. The lowest BCUT2D eigenvalue weighted by molar-refractivity contribution is -0.179. The highest BCUT2D eigenvalue weighted by Crippen LogP contribution is 2.32. The van der Waals surface area contributed by atoms with E-state index in [0.29, 0.717) is 24.3 Å². The highest BCUT2D eigenvalue weighted by atomic mass is 35.5. The van der Waals surface area contributed by atoms with E-state index in [0.717, 1.165) is 29.3 Å². The fourth-order valence-corrected chi connectivity index (χ4v) is 3.23. The van der Waals surface area contributed by atoms with Gasteiger partial charge in [0.05, 0.1) is 23.8 Å². The molecule has 3 rings (SSSR count). The van der Waals surface area contributed by atoms with Gasteiger partial charge in [-0.3, -0.25) is 14.5 Å². The molecule has 2 heterocycles. The molecule has 8 nitrogen and oxygen atoms in total. The maximum absolute atomic E-state index is 12.6. The van der Waals surface area contributed by atoms with Crippen molar-refractivity contribution >= 4 is 24.2 Å². The number of aliphatic hydroxyl groups is 1. The van der Waals surface area contributed by atoms with Crippen LogP contribution < -0.4 is 10.1 Å². The zero-order valence-corrected chi connectivity index (χ0v) is 15.4. The maximum Gasteiger partial charge on any atom is 0.262 e. The summed E-state index contributed by atoms with van der Waals surface area (Å²) in [6, 6.07) is 4.08. The molecule has 0 spiro atoms. The van der Waals surface area contributed by atoms with Gasteiger partial charge in [-0.15, -0.1) is 12.4 Å². The second-order valence-electron chi connectivity index (χ2n) is 6.28. The molecular weight excluding hydrogens is 362 g/mol. The number of carbonyl (C=O) groups excluding carboxylic acids is 2. The van der Waals surface area contributed by atoms with Crippen molar-refractivity contribution in [3.8, 4) is 5.75 Å². The number of hydrogen-bond donors (Lipinski definition) is 3. The van der Waals surface area contributed by atoms with E-state index in [1.54, 1.807) is 18.2 Å². The molecule has 9 heteroatoms. The molecule has 2 aliphatic heterocycles. The first-order chi connectivity index (χ1) is 12.0. The molecule has 2 unspecified atom stereocenters. The number of halogens is 1. The van der Waals surface area contributed by atoms with E-state index in [1.807, 2.05) is 7.05 Å². The van der Waals surface area contributed by atoms with E-state index in [1.165, 1.54) is 0 Å². The summed E-state index contributed by atoms with van der Waals surface area (Å²) in [6.45, 7) is 1.66. The molecule has 1 fully saturated rings. The van der Waals surface area contributed by atoms with Crippen molar-refractivity contribution in [2.45, 2.75) is 31.5 Å². The minimum atomic E-state index is -1.26. The van der Waals surface area contributed by atoms with Crippen LogP contribution in [0.4, 0.5) is 0 Å². The molecule has 1 saturated heterocycles. The standard InChI is InChI=1S/C17H23N3O5.ClH/c1-18-7-2-3-9-25-11-4-5-12-13(10-11)16(22)20(15(12)21)14-6-8-19(24)17(14)23;/h4-5,10,14,17-18,23-24H,2-3,6-9H2,1H3;1H. The molecule has 0 aromatic heterocycles. The summed E-state index contributed by atoms with van der Waals surface area (Å²) in [5, 5.41) is 23.3. The van der Waals surface area contributed by atoms with Gasteiger partial charge in [-0.1, -0.05) is 0 Å². The predicted octanol–water partition coefficient (Wildman–Crippen LogP) is 0.865. The fraction of sp³-hybridized carbons (Fsp3) is 0.529. The van der Waals surface area contributed by atoms with Crippen LogP contribution in [-0.4, -0.2) is 71.1 Å². The number of rotatable bonds is 7. The lowest BCUT2D eigenvalue weighted by Crippen LogP contribution is -2.47. The van der Waals surface area contributed by atoms with Gasteiger partial charge in [-0.25, -0.2) is 0 Å². The van der Waals surface area contributed by atoms with Gasteiger partial charge in [0.25, 0.3) is 11.8 Å². The molecule has 144 valence electrons. The number of amides is 2. The summed E-state index contributed by atoms with van der Waals surface area (Å²) in [7, 11) is 1.90. The first kappa shape index (κ1) is 20.6. The third-order valence-electron chi connectivity index (χ3n) is 4.61. The van der Waals surface area contributed by atoms with E-state index in [9.17, 15) is 19.9 Å². The summed E-state index contributed by atoms with van der Waals surface area (Å²) < 4.78 is 5.65. The van der Waals surface area contributed by atoms with Gasteiger partial charge in [0.2, 0.25) is 0 Å². The number of aliphatic hydroxyl groups excluding tert-OH is 1. The Hall–Kier alpha value is -1.71. The highest BCUT2D eigenvalue weighted by Gasteiger charge is 2.46. The lowest BCUT2D eigenvalue weighted by Gasteiger charge is -2.25. The smallest absolute Gasteiger partial charge is 0.262 e. The Bertz CT molecular complexity index is 672. The van der Waals surface area contributed by atoms with Crippen molar-refractivity contribution in [2.24, 2.45) is 0 Å². The van der Waals surface area contributed by atoms with Crippen molar-refractivity contribution in [2.75, 3.05) is 26.7 Å². The van der Waals surface area contributed by atoms with Crippen LogP contribution in [0.5, 0.6) is 5.75 Å². The van der Waals surface area contributed by atoms with E-state index < -0.39 is 24.1 Å². The normalized spacial score (nSPS) is 22.5. The number of fused-ring (bicyclic) bond motifs is 1. The molecule has 2 atom stereocenters. The van der Waals surface area contributed by atoms with Crippen LogP contribution in [0.3, 0.4) is 0 Å². The van der Waals surface area contributed by atoms with Crippen molar-refractivity contribution in [1.82, 2.24) is 15.3 Å². The molecule has 1 aromatic rings. The number of ether oxygens (including phenoxy) is 1. The van der Waals surface area contributed by atoms with Gasteiger partial charge in [0.15, 0.2) is 0 Å². The summed E-state index contributed by atoms with van der Waals surface area (Å²) in [5.41, 5.74) is 0.581. The second-order valence-corrected chi connectivity index (χ2v) is 6.28. The highest BCUT2D eigenvalue weighted by molar-refractivity contribution is 6.21. The Kier molecular flexibility index (Phi) is 6.96. The van der Waals surface area contributed by atoms with Crippen molar-refractivity contribution in [3.63, 3.8) is 0 Å². The molecule has 2 aliphatic rings. The monoisotopic (exact) mass is 385 g/mol. The second kappa shape index (κ2) is 8.79. The zero-order chi connectivity index (χ0) is 18.0. The maximum atomic E-state index is 12.6. The molecule has 0 radical (unpaired) electrons. The SMILES string of the molecule is CNCCCCOc1ccc2c(c1)C(=O)N(C1CCN(O)C1O)C2=O.Cl. The third-order valence-corrected chi connectivity index (χ3v) is 4.61. The van der Waals surface area contributed by atoms with Crippen LogP contribution in [-0.2, 0) is 0 Å². The molecule has 0 bridgehead atoms. The van der Waals surface area contributed by atoms with Gasteiger partial charge in [0.1, 0.15) is 12.0 Å². The van der Waals surface area contributed by atoms with E-state index >= 15 is 0 Å². The van der Waals surface area contributed by atoms with Crippen LogP contribution in [0, 0.1) is 0 Å². The Labute approximate surface area is 158 Å². The summed E-state index contributed by atoms with van der Waals surface area (Å²) in [4.78, 5) is 26.2. The van der Waals surface area contributed by atoms with Crippen molar-refractivity contribution in [1.29, 1.82) is 0 Å². The minimum Gasteiger partial charge on any atom is -0.494 e. The van der Waals surface area contributed by atoms with Crippen molar-refractivity contribution < 1.29 is 24.6 Å². The molecule has 2 amide bonds. The number of imide groups is 1. The Balaban J connectivity index is 0.00000243. The average Bonchev–Trinajstić information content (AvgIpc) is 3.05. The average molecular weight is 386 g/mol. The van der Waals surface area contributed by atoms with E-state index in [-0.39, 0.29) is 24.5 Å². The molecular formula is C17H24ClN3O5. The first-order valence-corrected chi connectivity index (χ1v) is 8.47. The number of hydrogen-bond acceptors (Lipinski definition) is 7. The van der Waals surface area contributed by atoms with Crippen LogP contribution in [0.15, 0.2) is 18.2 Å². The minimum absolute atomic E-state index is 0. The van der Waals surface area contributed by atoms with Gasteiger partial charge >= 0.3 is 0 Å². The van der Waals surface area contributed by atoms with Gasteiger partial charge in [-0.05, 0) is 51.1 Å². The van der Waals surface area contributed by atoms with Gasteiger partial charge in [0, 0.05) is 6.54 Å². The summed E-state index contributed by atoms with van der Waals surface area (Å²) >= 11 is 0. The quantitative estimate of drug-likeness (QED) is 0.472. The van der Waals surface area contributed by atoms with E-state index in [4.69, 9.17) is 4.74 Å². The summed E-state index contributed by atoms with van der Waals surface area (Å²) in [5.74, 6) is -0.359. The van der Waals surface area contributed by atoms with Crippen LogP contribution in [0.2, 0.25) is 0 Å². The number of nitrogens with one attached hydrogen (secondary N) is 1. The molecule has 3 N–H and O–H groups in total. The number of carbonyl (C=O) groups is 2. The Morgan fingerprint density at radius 2 is 1.96 bits per heavy atom. The molecule has 0 saturated carbocycles. The number of nitrogens with zero attached hydrogens (tertiary/aromatic N) is 2. The molecule has 26 heavy (non-hydrogen) atoms. The lowest BCUT2D eigenvalue weighted by atomic mass is 10.1. The summed E-state index contributed by atoms with van der Waals surface area (Å²) in [6.07, 6.45) is 0.949. The number of hydroxylamine groups is 2. The van der Waals surface area contributed by atoms with Crippen LogP contribution in [0.25, 0.3) is 0 Å². The third kappa shape index (κ3) is 3.84.